The molecule has 1 aromatic rings. The van der Waals surface area contributed by atoms with Crippen molar-refractivity contribution in [2.24, 2.45) is 5.92 Å². The van der Waals surface area contributed by atoms with Crippen LogP contribution < -0.4 is 5.32 Å². The SMILES string of the molecule is CCNc1cc(C)ccc1C(=O)N1CCC2CCCCC21. The van der Waals surface area contributed by atoms with Crippen LogP contribution in [0.1, 0.15) is 54.9 Å². The Morgan fingerprint density at radius 3 is 2.90 bits per heavy atom. The fourth-order valence-electron chi connectivity index (χ4n) is 3.99. The predicted octanol–water partition coefficient (Wildman–Crippen LogP) is 3.83. The second-order valence-electron chi connectivity index (χ2n) is 6.48. The molecular formula is C18H26N2O. The van der Waals surface area contributed by atoms with E-state index in [1.165, 1.54) is 37.7 Å². The smallest absolute Gasteiger partial charge is 0.256 e. The molecule has 1 saturated heterocycles. The number of anilines is 1. The summed E-state index contributed by atoms with van der Waals surface area (Å²) < 4.78 is 0. The van der Waals surface area contributed by atoms with Gasteiger partial charge in [0.15, 0.2) is 0 Å². The zero-order valence-electron chi connectivity index (χ0n) is 13.2. The van der Waals surface area contributed by atoms with Crippen molar-refractivity contribution in [1.82, 2.24) is 4.90 Å². The van der Waals surface area contributed by atoms with Crippen LogP contribution in [0.2, 0.25) is 0 Å². The summed E-state index contributed by atoms with van der Waals surface area (Å²) in [7, 11) is 0. The summed E-state index contributed by atoms with van der Waals surface area (Å²) >= 11 is 0. The van der Waals surface area contributed by atoms with Crippen LogP contribution >= 0.6 is 0 Å². The Bertz CT molecular complexity index is 526. The number of hydrogen-bond donors (Lipinski definition) is 1. The van der Waals surface area contributed by atoms with Gasteiger partial charge in [0.1, 0.15) is 0 Å². The van der Waals surface area contributed by atoms with Crippen molar-refractivity contribution in [1.29, 1.82) is 0 Å². The zero-order chi connectivity index (χ0) is 14.8. The van der Waals surface area contributed by atoms with E-state index in [0.717, 1.165) is 30.3 Å². The van der Waals surface area contributed by atoms with Gasteiger partial charge in [-0.2, -0.15) is 0 Å². The molecule has 1 aliphatic carbocycles. The fourth-order valence-corrected chi connectivity index (χ4v) is 3.99. The van der Waals surface area contributed by atoms with Crippen molar-refractivity contribution in [3.8, 4) is 0 Å². The summed E-state index contributed by atoms with van der Waals surface area (Å²) in [6.45, 7) is 5.93. The first-order chi connectivity index (χ1) is 10.2. The van der Waals surface area contributed by atoms with E-state index in [4.69, 9.17) is 0 Å². The molecule has 3 heteroatoms. The molecule has 3 nitrogen and oxygen atoms in total. The van der Waals surface area contributed by atoms with Gasteiger partial charge in [0, 0.05) is 24.8 Å². The molecule has 2 unspecified atom stereocenters. The van der Waals surface area contributed by atoms with E-state index >= 15 is 0 Å². The summed E-state index contributed by atoms with van der Waals surface area (Å²) in [5.74, 6) is 0.969. The van der Waals surface area contributed by atoms with Crippen LogP contribution in [0.4, 0.5) is 5.69 Å². The lowest BCUT2D eigenvalue weighted by Gasteiger charge is -2.32. The minimum Gasteiger partial charge on any atom is -0.385 e. The highest BCUT2D eigenvalue weighted by atomic mass is 16.2. The first-order valence-electron chi connectivity index (χ1n) is 8.36. The van der Waals surface area contributed by atoms with Crippen LogP contribution in [-0.4, -0.2) is 29.9 Å². The van der Waals surface area contributed by atoms with E-state index in [2.05, 4.69) is 30.1 Å². The van der Waals surface area contributed by atoms with Gasteiger partial charge < -0.3 is 10.2 Å². The van der Waals surface area contributed by atoms with Crippen LogP contribution in [0, 0.1) is 12.8 Å². The number of nitrogens with zero attached hydrogens (tertiary/aromatic N) is 1. The first-order valence-corrected chi connectivity index (χ1v) is 8.36. The lowest BCUT2D eigenvalue weighted by atomic mass is 9.85. The van der Waals surface area contributed by atoms with E-state index < -0.39 is 0 Å². The molecule has 1 amide bonds. The lowest BCUT2D eigenvalue weighted by Crippen LogP contribution is -2.39. The van der Waals surface area contributed by atoms with Crippen molar-refractivity contribution >= 4 is 11.6 Å². The van der Waals surface area contributed by atoms with Crippen molar-refractivity contribution in [2.45, 2.75) is 52.0 Å². The van der Waals surface area contributed by atoms with E-state index in [1.807, 2.05) is 12.1 Å². The van der Waals surface area contributed by atoms with Gasteiger partial charge >= 0.3 is 0 Å². The second kappa shape index (κ2) is 6.08. The maximum atomic E-state index is 13.0. The van der Waals surface area contributed by atoms with Crippen molar-refractivity contribution in [3.05, 3.63) is 29.3 Å². The zero-order valence-corrected chi connectivity index (χ0v) is 13.2. The molecular weight excluding hydrogens is 260 g/mol. The van der Waals surface area contributed by atoms with Gasteiger partial charge in [0.2, 0.25) is 0 Å². The molecule has 2 aliphatic rings. The van der Waals surface area contributed by atoms with Crippen LogP contribution in [0.3, 0.4) is 0 Å². The largest absolute Gasteiger partial charge is 0.385 e. The molecule has 114 valence electrons. The van der Waals surface area contributed by atoms with Gasteiger partial charge in [0.05, 0.1) is 5.56 Å². The number of amides is 1. The molecule has 0 radical (unpaired) electrons. The molecule has 1 heterocycles. The number of nitrogens with one attached hydrogen (secondary N) is 1. The average Bonchev–Trinajstić information content (AvgIpc) is 2.91. The normalized spacial score (nSPS) is 24.8. The second-order valence-corrected chi connectivity index (χ2v) is 6.48. The molecule has 3 rings (SSSR count). The van der Waals surface area contributed by atoms with Crippen LogP contribution in [-0.2, 0) is 0 Å². The Balaban J connectivity index is 1.85. The van der Waals surface area contributed by atoms with E-state index in [9.17, 15) is 4.79 Å². The molecule has 1 N–H and O–H groups in total. The lowest BCUT2D eigenvalue weighted by molar-refractivity contribution is 0.0691. The van der Waals surface area contributed by atoms with E-state index in [0.29, 0.717) is 6.04 Å². The van der Waals surface area contributed by atoms with Crippen molar-refractivity contribution in [2.75, 3.05) is 18.4 Å². The van der Waals surface area contributed by atoms with Crippen LogP contribution in [0.5, 0.6) is 0 Å². The van der Waals surface area contributed by atoms with Gasteiger partial charge in [-0.05, 0) is 56.7 Å². The molecule has 1 aromatic carbocycles. The number of hydrogen-bond acceptors (Lipinski definition) is 2. The monoisotopic (exact) mass is 286 g/mol. The molecule has 2 fully saturated rings. The standard InChI is InChI=1S/C18H26N2O/c1-3-19-16-12-13(2)8-9-15(16)18(21)20-11-10-14-6-4-5-7-17(14)20/h8-9,12,14,17,19H,3-7,10-11H2,1-2H3. The first kappa shape index (κ1) is 14.4. The van der Waals surface area contributed by atoms with E-state index in [1.54, 1.807) is 0 Å². The molecule has 0 spiro atoms. The number of carbonyl (C=O) groups excluding carboxylic acids is 1. The maximum absolute atomic E-state index is 13.0. The minimum atomic E-state index is 0.223. The predicted molar refractivity (Wildman–Crippen MR) is 86.7 cm³/mol. The fraction of sp³-hybridized carbons (Fsp3) is 0.611. The topological polar surface area (TPSA) is 32.3 Å². The summed E-state index contributed by atoms with van der Waals surface area (Å²) in [6, 6.07) is 6.61. The number of aryl methyl sites for hydroxylation is 1. The number of benzene rings is 1. The Morgan fingerprint density at radius 2 is 2.10 bits per heavy atom. The molecule has 21 heavy (non-hydrogen) atoms. The Hall–Kier alpha value is -1.51. The molecule has 0 bridgehead atoms. The van der Waals surface area contributed by atoms with Crippen LogP contribution in [0.25, 0.3) is 0 Å². The third kappa shape index (κ3) is 2.78. The third-order valence-corrected chi connectivity index (χ3v) is 5.04. The Labute approximate surface area is 127 Å². The van der Waals surface area contributed by atoms with Gasteiger partial charge in [-0.1, -0.05) is 18.9 Å². The highest BCUT2D eigenvalue weighted by Crippen LogP contribution is 2.37. The van der Waals surface area contributed by atoms with Gasteiger partial charge in [0.25, 0.3) is 5.91 Å². The van der Waals surface area contributed by atoms with Gasteiger partial charge in [-0.3, -0.25) is 4.79 Å². The van der Waals surface area contributed by atoms with E-state index in [-0.39, 0.29) is 5.91 Å². The van der Waals surface area contributed by atoms with Crippen molar-refractivity contribution in [3.63, 3.8) is 0 Å². The van der Waals surface area contributed by atoms with Gasteiger partial charge in [-0.15, -0.1) is 0 Å². The number of carbonyl (C=O) groups is 1. The summed E-state index contributed by atoms with van der Waals surface area (Å²) in [5.41, 5.74) is 3.02. The highest BCUT2D eigenvalue weighted by molar-refractivity contribution is 6.00. The summed E-state index contributed by atoms with van der Waals surface area (Å²) in [6.07, 6.45) is 6.31. The quantitative estimate of drug-likeness (QED) is 0.916. The minimum absolute atomic E-state index is 0.223. The third-order valence-electron chi connectivity index (χ3n) is 5.04. The Morgan fingerprint density at radius 1 is 1.29 bits per heavy atom. The number of fused-ring (bicyclic) bond motifs is 1. The number of rotatable bonds is 3. The molecule has 2 atom stereocenters. The van der Waals surface area contributed by atoms with Gasteiger partial charge in [-0.25, -0.2) is 0 Å². The van der Waals surface area contributed by atoms with Crippen LogP contribution in [0.15, 0.2) is 18.2 Å². The summed E-state index contributed by atoms with van der Waals surface area (Å²) in [4.78, 5) is 15.1. The molecule has 0 aromatic heterocycles. The number of likely N-dealkylation sites (tertiary alicyclic amines) is 1. The highest BCUT2D eigenvalue weighted by Gasteiger charge is 2.38. The molecule has 1 saturated carbocycles. The maximum Gasteiger partial charge on any atom is 0.256 e. The summed E-state index contributed by atoms with van der Waals surface area (Å²) in [5, 5.41) is 3.35. The molecule has 1 aliphatic heterocycles. The average molecular weight is 286 g/mol. The Kier molecular flexibility index (Phi) is 4.18. The van der Waals surface area contributed by atoms with Crippen molar-refractivity contribution < 1.29 is 4.79 Å².